The topological polar surface area (TPSA) is 238 Å². The van der Waals surface area contributed by atoms with Crippen LogP contribution in [0.5, 0.6) is 0 Å². The van der Waals surface area contributed by atoms with Gasteiger partial charge >= 0.3 is 41.8 Å². The van der Waals surface area contributed by atoms with Crippen molar-refractivity contribution in [2.24, 2.45) is 0 Å². The van der Waals surface area contributed by atoms with Crippen LogP contribution in [0.4, 0.5) is 5.69 Å². The molecule has 1 aromatic rings. The maximum atomic E-state index is 12.6. The number of nitrogens with two attached hydrogens (primary N) is 1. The molecule has 1 aromatic carbocycles. The first-order chi connectivity index (χ1) is 24.9. The fourth-order valence-electron chi connectivity index (χ4n) is 5.47. The Hall–Kier alpha value is -4.17. The average Bonchev–Trinajstić information content (AvgIpc) is 3.03. The molecule has 0 bridgehead atoms. The standard InChI is InChI=1S/C33H42ClNO17S/c1-14(36)43-11-24-26(45-16(3)38)28(46-17(4)39)30(48-19(6)41)32(50-24)52-27-25(12-44-15(2)37)51-33(31(49-20(7)42)29(27)47-18(5)40)53-13-21-8-9-22(34)23(35)10-21/h8-10,24-33H,11-13,35H2,1-7H3/t24-,25-,26-,27-,28+,29+,30-,31-,32-,33+/m1/s1. The Morgan fingerprint density at radius 3 is 1.57 bits per heavy atom. The third-order valence-electron chi connectivity index (χ3n) is 7.36. The van der Waals surface area contributed by atoms with Crippen LogP contribution in [0.2, 0.25) is 5.02 Å². The van der Waals surface area contributed by atoms with Crippen molar-refractivity contribution in [2.45, 2.75) is 115 Å². The van der Waals surface area contributed by atoms with Crippen LogP contribution in [-0.2, 0) is 86.7 Å². The van der Waals surface area contributed by atoms with E-state index in [4.69, 9.17) is 64.7 Å². The summed E-state index contributed by atoms with van der Waals surface area (Å²) in [6, 6.07) is 4.95. The zero-order chi connectivity index (χ0) is 39.6. The molecule has 3 rings (SSSR count). The first-order valence-corrected chi connectivity index (χ1v) is 17.5. The van der Waals surface area contributed by atoms with Gasteiger partial charge in [0.2, 0.25) is 0 Å². The molecular formula is C33H42ClNO17S. The molecule has 2 N–H and O–H groups in total. The van der Waals surface area contributed by atoms with Gasteiger partial charge < -0.3 is 53.1 Å². The van der Waals surface area contributed by atoms with Gasteiger partial charge in [-0.15, -0.1) is 11.8 Å². The summed E-state index contributed by atoms with van der Waals surface area (Å²) in [5, 5.41) is 0.337. The molecule has 2 heterocycles. The molecule has 20 heteroatoms. The molecule has 2 aliphatic rings. The van der Waals surface area contributed by atoms with E-state index in [0.717, 1.165) is 60.2 Å². The van der Waals surface area contributed by atoms with E-state index in [2.05, 4.69) is 0 Å². The van der Waals surface area contributed by atoms with E-state index in [1.54, 1.807) is 18.2 Å². The second-order valence-corrected chi connectivity index (χ2v) is 13.3. The number of ether oxygens (including phenoxy) is 10. The van der Waals surface area contributed by atoms with Crippen LogP contribution in [0, 0.1) is 0 Å². The van der Waals surface area contributed by atoms with Crippen LogP contribution in [0.3, 0.4) is 0 Å². The smallest absolute Gasteiger partial charge is 0.303 e. The lowest BCUT2D eigenvalue weighted by molar-refractivity contribution is -0.341. The van der Waals surface area contributed by atoms with Crippen molar-refractivity contribution in [3.05, 3.63) is 28.8 Å². The van der Waals surface area contributed by atoms with E-state index >= 15 is 0 Å². The summed E-state index contributed by atoms with van der Waals surface area (Å²) < 4.78 is 56.9. The van der Waals surface area contributed by atoms with E-state index in [1.165, 1.54) is 0 Å². The Balaban J connectivity index is 2.14. The highest BCUT2D eigenvalue weighted by atomic mass is 35.5. The van der Waals surface area contributed by atoms with Gasteiger partial charge in [-0.2, -0.15) is 0 Å². The molecule has 2 fully saturated rings. The van der Waals surface area contributed by atoms with E-state index < -0.39 is 116 Å². The fourth-order valence-corrected chi connectivity index (χ4v) is 6.74. The maximum absolute atomic E-state index is 12.6. The highest BCUT2D eigenvalue weighted by molar-refractivity contribution is 7.99. The number of hydrogen-bond donors (Lipinski definition) is 1. The lowest BCUT2D eigenvalue weighted by Crippen LogP contribution is -2.66. The Labute approximate surface area is 313 Å². The molecule has 53 heavy (non-hydrogen) atoms. The molecule has 0 unspecified atom stereocenters. The summed E-state index contributed by atoms with van der Waals surface area (Å²) in [6.45, 7) is 6.53. The average molecular weight is 792 g/mol. The number of benzene rings is 1. The third-order valence-corrected chi connectivity index (χ3v) is 8.91. The number of thioether (sulfide) groups is 1. The first kappa shape index (κ1) is 43.2. The quantitative estimate of drug-likeness (QED) is 0.160. The van der Waals surface area contributed by atoms with Gasteiger partial charge in [0.15, 0.2) is 36.8 Å². The number of carbonyl (C=O) groups excluding carboxylic acids is 7. The SMILES string of the molecule is CC(=O)OC[C@H]1O[C@@H](SCc2ccc(Cl)c(N)c2)[C@H](OC(C)=O)[C@@H](OC(C)=O)[C@@H]1O[C@H]1O[C@H](COC(C)=O)[C@@H](OC(C)=O)[C@H](OC(C)=O)[C@H]1OC(C)=O. The summed E-state index contributed by atoms with van der Waals surface area (Å²) in [7, 11) is 0. The second kappa shape index (κ2) is 19.8. The van der Waals surface area contributed by atoms with E-state index in [-0.39, 0.29) is 5.75 Å². The number of nitrogen functional groups attached to an aromatic ring is 1. The van der Waals surface area contributed by atoms with Gasteiger partial charge in [-0.1, -0.05) is 17.7 Å². The maximum Gasteiger partial charge on any atom is 0.303 e. The summed E-state index contributed by atoms with van der Waals surface area (Å²) in [4.78, 5) is 85.8. The summed E-state index contributed by atoms with van der Waals surface area (Å²) in [6.07, 6.45) is -13.7. The van der Waals surface area contributed by atoms with Crippen molar-refractivity contribution >= 4 is 70.8 Å². The Kier molecular flexibility index (Phi) is 16.1. The molecule has 18 nitrogen and oxygen atoms in total. The molecule has 0 radical (unpaired) electrons. The predicted molar refractivity (Wildman–Crippen MR) is 180 cm³/mol. The predicted octanol–water partition coefficient (Wildman–Crippen LogP) is 1.78. The first-order valence-electron chi connectivity index (χ1n) is 16.1. The van der Waals surface area contributed by atoms with Crippen LogP contribution >= 0.6 is 23.4 Å². The van der Waals surface area contributed by atoms with Gasteiger partial charge in [0, 0.05) is 54.2 Å². The zero-order valence-electron chi connectivity index (χ0n) is 29.9. The van der Waals surface area contributed by atoms with Crippen LogP contribution < -0.4 is 5.73 Å². The molecule has 0 aromatic heterocycles. The van der Waals surface area contributed by atoms with E-state index in [1.807, 2.05) is 0 Å². The Morgan fingerprint density at radius 1 is 0.623 bits per heavy atom. The van der Waals surface area contributed by atoms with Gasteiger partial charge in [0.05, 0.1) is 10.7 Å². The number of anilines is 1. The molecule has 0 spiro atoms. The van der Waals surface area contributed by atoms with Crippen molar-refractivity contribution in [3.8, 4) is 0 Å². The lowest BCUT2D eigenvalue weighted by atomic mass is 9.96. The van der Waals surface area contributed by atoms with E-state index in [0.29, 0.717) is 16.3 Å². The van der Waals surface area contributed by atoms with Crippen LogP contribution in [-0.4, -0.2) is 116 Å². The summed E-state index contributed by atoms with van der Waals surface area (Å²) >= 11 is 7.19. The molecule has 0 amide bonds. The van der Waals surface area contributed by atoms with Gasteiger partial charge in [-0.25, -0.2) is 0 Å². The monoisotopic (exact) mass is 791 g/mol. The third kappa shape index (κ3) is 13.0. The van der Waals surface area contributed by atoms with Gasteiger partial charge in [-0.05, 0) is 17.7 Å². The van der Waals surface area contributed by atoms with Gasteiger partial charge in [0.25, 0.3) is 0 Å². The lowest BCUT2D eigenvalue weighted by Gasteiger charge is -2.48. The van der Waals surface area contributed by atoms with Gasteiger partial charge in [0.1, 0.15) is 37.0 Å². The van der Waals surface area contributed by atoms with Crippen LogP contribution in [0.1, 0.15) is 54.0 Å². The van der Waals surface area contributed by atoms with Crippen molar-refractivity contribution in [3.63, 3.8) is 0 Å². The minimum atomic E-state index is -1.78. The number of rotatable bonds is 14. The number of carbonyl (C=O) groups is 7. The summed E-state index contributed by atoms with van der Waals surface area (Å²) in [5.74, 6) is -5.52. The highest BCUT2D eigenvalue weighted by Crippen LogP contribution is 2.39. The normalized spacial score (nSPS) is 28.1. The largest absolute Gasteiger partial charge is 0.463 e. The molecule has 0 aliphatic carbocycles. The molecular weight excluding hydrogens is 750 g/mol. The van der Waals surface area contributed by atoms with Crippen molar-refractivity contribution in [1.82, 2.24) is 0 Å². The van der Waals surface area contributed by atoms with E-state index in [9.17, 15) is 33.6 Å². The molecule has 10 atom stereocenters. The second-order valence-electron chi connectivity index (χ2n) is 11.8. The van der Waals surface area contributed by atoms with Crippen molar-refractivity contribution in [1.29, 1.82) is 0 Å². The molecule has 2 saturated heterocycles. The molecule has 294 valence electrons. The number of esters is 7. The summed E-state index contributed by atoms with van der Waals surface area (Å²) in [5.41, 5.74) is 5.90. The fraction of sp³-hybridized carbons (Fsp3) is 0.606. The minimum absolute atomic E-state index is 0.224. The van der Waals surface area contributed by atoms with Crippen molar-refractivity contribution < 1.29 is 80.9 Å². The van der Waals surface area contributed by atoms with Crippen LogP contribution in [0.25, 0.3) is 0 Å². The highest BCUT2D eigenvalue weighted by Gasteiger charge is 2.57. The molecule has 2 aliphatic heterocycles. The molecule has 0 saturated carbocycles. The van der Waals surface area contributed by atoms with Crippen molar-refractivity contribution in [2.75, 3.05) is 18.9 Å². The van der Waals surface area contributed by atoms with Crippen LogP contribution in [0.15, 0.2) is 18.2 Å². The Bertz CT molecular complexity index is 1530. The zero-order valence-corrected chi connectivity index (χ0v) is 31.5. The van der Waals surface area contributed by atoms with Gasteiger partial charge in [-0.3, -0.25) is 33.6 Å². The number of halogens is 1. The minimum Gasteiger partial charge on any atom is -0.463 e. The number of hydrogen-bond acceptors (Lipinski definition) is 19. The Morgan fingerprint density at radius 2 is 1.08 bits per heavy atom.